The molecule has 3 aliphatic carbocycles. The maximum atomic E-state index is 2.48. The van der Waals surface area contributed by atoms with Crippen LogP contribution in [0.2, 0.25) is 0 Å². The van der Waals surface area contributed by atoms with Crippen LogP contribution in [0, 0.1) is 53.3 Å². The monoisotopic (exact) mass is 362 g/mol. The number of fused-ring (bicyclic) bond motifs is 4. The number of hydrogen-bond acceptors (Lipinski definition) is 0. The van der Waals surface area contributed by atoms with Crippen LogP contribution in [0.5, 0.6) is 0 Å². The first-order valence-corrected chi connectivity index (χ1v) is 12.5. The average molecular weight is 363 g/mol. The maximum Gasteiger partial charge on any atom is -0.0321 e. The van der Waals surface area contributed by atoms with E-state index in [9.17, 15) is 0 Å². The van der Waals surface area contributed by atoms with Crippen LogP contribution >= 0.6 is 0 Å². The highest BCUT2D eigenvalue weighted by atomic mass is 14.7. The Morgan fingerprint density at radius 2 is 1.54 bits per heavy atom. The van der Waals surface area contributed by atoms with Crippen molar-refractivity contribution in [3.63, 3.8) is 0 Å². The lowest BCUT2D eigenvalue weighted by atomic mass is 9.62. The summed E-state index contributed by atoms with van der Waals surface area (Å²) in [5.41, 5.74) is 0. The van der Waals surface area contributed by atoms with Crippen LogP contribution in [0.25, 0.3) is 0 Å². The molecule has 3 saturated carbocycles. The molecule has 0 heteroatoms. The molecule has 0 aromatic rings. The van der Waals surface area contributed by atoms with Crippen molar-refractivity contribution in [2.24, 2.45) is 53.3 Å². The van der Waals surface area contributed by atoms with Crippen LogP contribution in [0.3, 0.4) is 0 Å². The molecule has 0 radical (unpaired) electrons. The zero-order chi connectivity index (χ0) is 19.3. The van der Waals surface area contributed by atoms with E-state index >= 15 is 0 Å². The lowest BCUT2D eigenvalue weighted by Crippen LogP contribution is -2.35. The molecule has 0 aromatic carbocycles. The van der Waals surface area contributed by atoms with Gasteiger partial charge in [0, 0.05) is 0 Å². The van der Waals surface area contributed by atoms with Gasteiger partial charge in [0.1, 0.15) is 0 Å². The smallest absolute Gasteiger partial charge is 0.0321 e. The first-order valence-electron chi connectivity index (χ1n) is 12.5. The third kappa shape index (κ3) is 5.29. The summed E-state index contributed by atoms with van der Waals surface area (Å²) in [5, 5.41) is 0. The Kier molecular flexibility index (Phi) is 9.02. The van der Waals surface area contributed by atoms with Crippen molar-refractivity contribution in [2.45, 2.75) is 113 Å². The van der Waals surface area contributed by atoms with Gasteiger partial charge in [-0.05, 0) is 72.5 Å². The van der Waals surface area contributed by atoms with E-state index in [4.69, 9.17) is 0 Å². The van der Waals surface area contributed by atoms with Crippen LogP contribution in [-0.4, -0.2) is 0 Å². The van der Waals surface area contributed by atoms with E-state index in [2.05, 4.69) is 48.5 Å². The number of rotatable bonds is 9. The van der Waals surface area contributed by atoms with Crippen LogP contribution in [-0.2, 0) is 0 Å². The third-order valence-corrected chi connectivity index (χ3v) is 8.77. The molecule has 0 spiro atoms. The summed E-state index contributed by atoms with van der Waals surface area (Å²) < 4.78 is 0. The van der Waals surface area contributed by atoms with Crippen molar-refractivity contribution in [1.29, 1.82) is 0 Å². The van der Waals surface area contributed by atoms with Gasteiger partial charge >= 0.3 is 0 Å². The van der Waals surface area contributed by atoms with Crippen molar-refractivity contribution < 1.29 is 0 Å². The summed E-state index contributed by atoms with van der Waals surface area (Å²) in [7, 11) is 0. The highest BCUT2D eigenvalue weighted by Gasteiger charge is 2.66. The molecular formula is C26H50. The third-order valence-electron chi connectivity index (χ3n) is 8.77. The molecule has 154 valence electrons. The highest BCUT2D eigenvalue weighted by molar-refractivity contribution is 5.14. The second kappa shape index (κ2) is 10.5. The molecular weight excluding hydrogens is 312 g/mol. The molecule has 0 aliphatic heterocycles. The van der Waals surface area contributed by atoms with Gasteiger partial charge in [-0.2, -0.15) is 0 Å². The lowest BCUT2D eigenvalue weighted by Gasteiger charge is -2.43. The van der Waals surface area contributed by atoms with E-state index in [1.54, 1.807) is 19.3 Å². The molecule has 0 N–H and O–H groups in total. The summed E-state index contributed by atoms with van der Waals surface area (Å²) >= 11 is 0. The van der Waals surface area contributed by atoms with Crippen LogP contribution in [0.15, 0.2) is 0 Å². The molecule has 3 rings (SSSR count). The minimum atomic E-state index is 0.867. The van der Waals surface area contributed by atoms with E-state index in [-0.39, 0.29) is 0 Å². The van der Waals surface area contributed by atoms with E-state index in [0.29, 0.717) is 0 Å². The van der Waals surface area contributed by atoms with Gasteiger partial charge in [0.05, 0.1) is 0 Å². The second-order valence-corrected chi connectivity index (χ2v) is 10.6. The van der Waals surface area contributed by atoms with Gasteiger partial charge in [0.25, 0.3) is 0 Å². The van der Waals surface area contributed by atoms with Gasteiger partial charge in [0.2, 0.25) is 0 Å². The first-order chi connectivity index (χ1) is 12.5. The topological polar surface area (TPSA) is 0 Å². The van der Waals surface area contributed by atoms with Crippen molar-refractivity contribution in [2.75, 3.05) is 0 Å². The Morgan fingerprint density at radius 3 is 2.12 bits per heavy atom. The SMILES string of the molecule is CCC1CCC2C(C1)C1C(C)C21.CCCCCCC(C(C)C)C(C)CC. The molecule has 8 unspecified atom stereocenters. The number of hydrogen-bond donors (Lipinski definition) is 0. The van der Waals surface area contributed by atoms with Crippen LogP contribution < -0.4 is 0 Å². The summed E-state index contributed by atoms with van der Waals surface area (Å²) in [6.07, 6.45) is 14.6. The summed E-state index contributed by atoms with van der Waals surface area (Å²) in [5.74, 6) is 9.73. The van der Waals surface area contributed by atoms with Gasteiger partial charge < -0.3 is 0 Å². The van der Waals surface area contributed by atoms with Crippen LogP contribution in [0.1, 0.15) is 113 Å². The molecule has 0 bridgehead atoms. The zero-order valence-corrected chi connectivity index (χ0v) is 19.3. The normalized spacial score (nSPS) is 36.9. The van der Waals surface area contributed by atoms with Crippen molar-refractivity contribution >= 4 is 0 Å². The largest absolute Gasteiger partial charge is 0.0654 e. The maximum absolute atomic E-state index is 2.48. The fourth-order valence-electron chi connectivity index (χ4n) is 6.73. The molecule has 0 heterocycles. The van der Waals surface area contributed by atoms with E-state index in [1.165, 1.54) is 68.6 Å². The van der Waals surface area contributed by atoms with Gasteiger partial charge in [0.15, 0.2) is 0 Å². The minimum Gasteiger partial charge on any atom is -0.0654 e. The Morgan fingerprint density at radius 1 is 0.846 bits per heavy atom. The zero-order valence-electron chi connectivity index (χ0n) is 19.3. The molecule has 0 nitrogen and oxygen atoms in total. The highest BCUT2D eigenvalue weighted by Crippen LogP contribution is 2.72. The van der Waals surface area contributed by atoms with Gasteiger partial charge in [-0.15, -0.1) is 0 Å². The Hall–Kier alpha value is 0. The summed E-state index contributed by atoms with van der Waals surface area (Å²) in [6.45, 7) is 16.7. The van der Waals surface area contributed by atoms with Crippen LogP contribution in [0.4, 0.5) is 0 Å². The fourth-order valence-corrected chi connectivity index (χ4v) is 6.73. The van der Waals surface area contributed by atoms with E-state index in [1.807, 2.05) is 0 Å². The van der Waals surface area contributed by atoms with Crippen molar-refractivity contribution in [3.8, 4) is 0 Å². The molecule has 3 aliphatic rings. The predicted molar refractivity (Wildman–Crippen MR) is 117 cm³/mol. The standard InChI is InChI=1S/C14H30.C12H20/c1-6-8-9-10-11-14(12(3)4)13(5)7-2;1-3-8-4-5-9-10(6-8)12-7(2)11(9)12/h12-14H,6-11H2,1-5H3;7-12H,3-6H2,1-2H3. The minimum absolute atomic E-state index is 0.867. The molecule has 0 aromatic heterocycles. The fraction of sp³-hybridized carbons (Fsp3) is 1.00. The predicted octanol–water partition coefficient (Wildman–Crippen LogP) is 8.60. The summed E-state index contributed by atoms with van der Waals surface area (Å²) in [4.78, 5) is 0. The molecule has 3 fully saturated rings. The Labute approximate surface area is 166 Å². The molecule has 8 atom stereocenters. The summed E-state index contributed by atoms with van der Waals surface area (Å²) in [6, 6.07) is 0. The average Bonchev–Trinajstić information content (AvgIpc) is 3.22. The van der Waals surface area contributed by atoms with E-state index < -0.39 is 0 Å². The molecule has 26 heavy (non-hydrogen) atoms. The van der Waals surface area contributed by atoms with Gasteiger partial charge in [-0.3, -0.25) is 0 Å². The van der Waals surface area contributed by atoms with E-state index in [0.717, 1.165) is 29.6 Å². The Balaban J connectivity index is 0.000000187. The lowest BCUT2D eigenvalue weighted by molar-refractivity contribution is 0.0630. The van der Waals surface area contributed by atoms with Crippen molar-refractivity contribution in [3.05, 3.63) is 0 Å². The number of unbranched alkanes of at least 4 members (excludes halogenated alkanes) is 3. The van der Waals surface area contributed by atoms with Gasteiger partial charge in [-0.25, -0.2) is 0 Å². The van der Waals surface area contributed by atoms with Gasteiger partial charge in [-0.1, -0.05) is 93.4 Å². The first kappa shape index (κ1) is 22.3. The van der Waals surface area contributed by atoms with Crippen molar-refractivity contribution in [1.82, 2.24) is 0 Å². The second-order valence-electron chi connectivity index (χ2n) is 10.6. The Bertz CT molecular complexity index is 383. The molecule has 0 amide bonds. The quantitative estimate of drug-likeness (QED) is 0.360. The molecule has 0 saturated heterocycles.